The standard InChI is InChI=1S/C36H44BrN3O5S/c1-6-18-38(21-24-12-10-9-11-13-24)33(42)29-30-34(43)40(28(22-41)23(4)8-3)32(36(30)20-27(37)31(29)46-36)35(44)39(19-7-2)25-14-16-26(45-5)17-15-25/h6-7,9-17,23,27-32,41H,1-2,8,18-22H2,3-5H3/t23-,27?,28-,29+,30-,31+,32?,36?/m0/s1. The summed E-state index contributed by atoms with van der Waals surface area (Å²) in [6.45, 7) is 12.5. The number of methoxy groups -OCH3 is 1. The van der Waals surface area contributed by atoms with Crippen LogP contribution in [0, 0.1) is 17.8 Å². The molecule has 3 amide bonds. The van der Waals surface area contributed by atoms with Crippen molar-refractivity contribution in [3.63, 3.8) is 0 Å². The van der Waals surface area contributed by atoms with E-state index in [1.165, 1.54) is 0 Å². The Hall–Kier alpha value is -3.08. The summed E-state index contributed by atoms with van der Waals surface area (Å²) in [7, 11) is 1.59. The minimum absolute atomic E-state index is 0.0696. The van der Waals surface area contributed by atoms with Crippen LogP contribution in [0.15, 0.2) is 79.9 Å². The van der Waals surface area contributed by atoms with Crippen molar-refractivity contribution < 1.29 is 24.2 Å². The van der Waals surface area contributed by atoms with Gasteiger partial charge in [0.1, 0.15) is 11.8 Å². The zero-order chi connectivity index (χ0) is 33.2. The van der Waals surface area contributed by atoms with Gasteiger partial charge in [0.25, 0.3) is 5.91 Å². The highest BCUT2D eigenvalue weighted by atomic mass is 79.9. The fourth-order valence-corrected chi connectivity index (χ4v) is 11.2. The Balaban J connectivity index is 1.60. The van der Waals surface area contributed by atoms with Crippen LogP contribution in [-0.2, 0) is 20.9 Å². The molecule has 5 rings (SSSR count). The summed E-state index contributed by atoms with van der Waals surface area (Å²) in [6.07, 6.45) is 4.65. The van der Waals surface area contributed by atoms with E-state index in [-0.39, 0.29) is 46.9 Å². The first-order valence-electron chi connectivity index (χ1n) is 15.9. The highest BCUT2D eigenvalue weighted by Crippen LogP contribution is 2.68. The van der Waals surface area contributed by atoms with E-state index in [0.717, 1.165) is 5.56 Å². The molecule has 8 atom stereocenters. The molecule has 3 heterocycles. The maximum Gasteiger partial charge on any atom is 0.251 e. The Kier molecular flexibility index (Phi) is 10.7. The number of anilines is 1. The van der Waals surface area contributed by atoms with Gasteiger partial charge in [-0.3, -0.25) is 14.4 Å². The van der Waals surface area contributed by atoms with Crippen LogP contribution in [0.2, 0.25) is 0 Å². The van der Waals surface area contributed by atoms with Crippen LogP contribution >= 0.6 is 27.7 Å². The zero-order valence-corrected chi connectivity index (χ0v) is 29.2. The number of nitrogens with zero attached hydrogens (tertiary/aromatic N) is 3. The molecule has 2 bridgehead atoms. The number of alkyl halides is 1. The Labute approximate surface area is 285 Å². The van der Waals surface area contributed by atoms with Gasteiger partial charge in [-0.15, -0.1) is 24.9 Å². The van der Waals surface area contributed by atoms with Crippen LogP contribution in [0.5, 0.6) is 5.75 Å². The number of fused-ring (bicyclic) bond motifs is 1. The second-order valence-corrected chi connectivity index (χ2v) is 15.2. The predicted octanol–water partition coefficient (Wildman–Crippen LogP) is 5.30. The molecule has 1 spiro atoms. The monoisotopic (exact) mass is 709 g/mol. The topological polar surface area (TPSA) is 90.4 Å². The van der Waals surface area contributed by atoms with Crippen molar-refractivity contribution in [3.8, 4) is 5.75 Å². The third-order valence-electron chi connectivity index (χ3n) is 9.93. The minimum Gasteiger partial charge on any atom is -0.497 e. The number of hydrogen-bond acceptors (Lipinski definition) is 6. The maximum absolute atomic E-state index is 15.0. The number of benzene rings is 2. The quantitative estimate of drug-likeness (QED) is 0.212. The van der Waals surface area contributed by atoms with E-state index in [9.17, 15) is 19.5 Å². The molecule has 3 aliphatic heterocycles. The molecule has 46 heavy (non-hydrogen) atoms. The van der Waals surface area contributed by atoms with Crippen molar-refractivity contribution in [2.75, 3.05) is 31.7 Å². The summed E-state index contributed by atoms with van der Waals surface area (Å²) in [4.78, 5) is 49.5. The van der Waals surface area contributed by atoms with Gasteiger partial charge >= 0.3 is 0 Å². The number of carbonyl (C=O) groups excluding carboxylic acids is 3. The van der Waals surface area contributed by atoms with Gasteiger partial charge in [0.05, 0.1) is 36.3 Å². The van der Waals surface area contributed by atoms with Crippen LogP contribution in [-0.4, -0.2) is 86.3 Å². The number of likely N-dealkylation sites (tertiary alicyclic amines) is 1. The van der Waals surface area contributed by atoms with Crippen molar-refractivity contribution in [1.82, 2.24) is 9.80 Å². The minimum atomic E-state index is -0.881. The van der Waals surface area contributed by atoms with Crippen LogP contribution in [0.3, 0.4) is 0 Å². The van der Waals surface area contributed by atoms with Crippen LogP contribution in [0.4, 0.5) is 5.69 Å². The number of carbonyl (C=O) groups is 3. The van der Waals surface area contributed by atoms with Gasteiger partial charge in [-0.1, -0.05) is 78.7 Å². The number of thioether (sulfide) groups is 1. The van der Waals surface area contributed by atoms with Crippen molar-refractivity contribution in [2.24, 2.45) is 17.8 Å². The summed E-state index contributed by atoms with van der Waals surface area (Å²) in [5, 5.41) is 10.6. The van der Waals surface area contributed by atoms with Gasteiger partial charge in [-0.2, -0.15) is 0 Å². The lowest BCUT2D eigenvalue weighted by Gasteiger charge is -2.41. The molecule has 0 aromatic heterocycles. The number of halogens is 1. The molecular weight excluding hydrogens is 666 g/mol. The molecule has 3 fully saturated rings. The zero-order valence-electron chi connectivity index (χ0n) is 26.8. The van der Waals surface area contributed by atoms with Gasteiger partial charge in [0.2, 0.25) is 11.8 Å². The van der Waals surface area contributed by atoms with Crippen molar-refractivity contribution in [3.05, 3.63) is 85.5 Å². The molecule has 0 radical (unpaired) electrons. The lowest BCUT2D eigenvalue weighted by Crippen LogP contribution is -2.59. The molecule has 3 unspecified atom stereocenters. The Bertz CT molecular complexity index is 1440. The van der Waals surface area contributed by atoms with Gasteiger partial charge < -0.3 is 24.5 Å². The van der Waals surface area contributed by atoms with Gasteiger partial charge in [-0.05, 0) is 42.2 Å². The van der Waals surface area contributed by atoms with Gasteiger partial charge in [-0.25, -0.2) is 0 Å². The predicted molar refractivity (Wildman–Crippen MR) is 187 cm³/mol. The lowest BCUT2D eigenvalue weighted by atomic mass is 9.70. The highest BCUT2D eigenvalue weighted by molar-refractivity contribution is 9.09. The number of hydrogen-bond donors (Lipinski definition) is 1. The summed E-state index contributed by atoms with van der Waals surface area (Å²) in [5.41, 5.74) is 1.64. The highest BCUT2D eigenvalue weighted by Gasteiger charge is 2.76. The number of rotatable bonds is 14. The van der Waals surface area contributed by atoms with Crippen molar-refractivity contribution in [1.29, 1.82) is 0 Å². The van der Waals surface area contributed by atoms with Crippen LogP contribution < -0.4 is 9.64 Å². The number of amides is 3. The lowest BCUT2D eigenvalue weighted by molar-refractivity contribution is -0.146. The molecule has 0 saturated carbocycles. The Morgan fingerprint density at radius 2 is 1.80 bits per heavy atom. The number of ether oxygens (including phenoxy) is 1. The fourth-order valence-electron chi connectivity index (χ4n) is 7.57. The first-order valence-corrected chi connectivity index (χ1v) is 17.7. The molecule has 10 heteroatoms. The van der Waals surface area contributed by atoms with E-state index in [2.05, 4.69) is 29.1 Å². The number of aliphatic hydroxyl groups excluding tert-OH is 1. The SMILES string of the molecule is C=CCN(Cc1ccccc1)C(=O)[C@H]1[C@@H]2SC3(CC2Br)C(C(=O)N(CC=C)c2ccc(OC)cc2)N([C@@H](CO)[C@@H](C)CC)C(=O)[C@H]13. The third-order valence-corrected chi connectivity index (χ3v) is 13.2. The molecule has 246 valence electrons. The summed E-state index contributed by atoms with van der Waals surface area (Å²) >= 11 is 5.49. The van der Waals surface area contributed by atoms with Crippen LogP contribution in [0.25, 0.3) is 0 Å². The van der Waals surface area contributed by atoms with E-state index in [1.54, 1.807) is 57.9 Å². The van der Waals surface area contributed by atoms with Crippen molar-refractivity contribution in [2.45, 2.75) is 60.1 Å². The number of aliphatic hydroxyl groups is 1. The second-order valence-electron chi connectivity index (χ2n) is 12.5. The van der Waals surface area contributed by atoms with Crippen molar-refractivity contribution >= 4 is 51.1 Å². The van der Waals surface area contributed by atoms with Crippen LogP contribution in [0.1, 0.15) is 32.3 Å². The Morgan fingerprint density at radius 3 is 2.39 bits per heavy atom. The molecular formula is C36H44BrN3O5S. The first kappa shape index (κ1) is 34.3. The third kappa shape index (κ3) is 5.92. The Morgan fingerprint density at radius 1 is 1.13 bits per heavy atom. The average Bonchev–Trinajstić information content (AvgIpc) is 3.67. The molecule has 1 N–H and O–H groups in total. The van der Waals surface area contributed by atoms with E-state index < -0.39 is 28.7 Å². The van der Waals surface area contributed by atoms with E-state index in [4.69, 9.17) is 4.74 Å². The summed E-state index contributed by atoms with van der Waals surface area (Å²) in [6, 6.07) is 15.6. The molecule has 3 aliphatic rings. The molecule has 8 nitrogen and oxygen atoms in total. The largest absolute Gasteiger partial charge is 0.497 e. The normalized spacial score (nSPS) is 27.5. The van der Waals surface area contributed by atoms with Gasteiger partial charge in [0, 0.05) is 35.4 Å². The summed E-state index contributed by atoms with van der Waals surface area (Å²) < 4.78 is 4.49. The van der Waals surface area contributed by atoms with E-state index >= 15 is 0 Å². The van der Waals surface area contributed by atoms with E-state index in [0.29, 0.717) is 37.4 Å². The average molecular weight is 711 g/mol. The van der Waals surface area contributed by atoms with E-state index in [1.807, 2.05) is 56.3 Å². The summed E-state index contributed by atoms with van der Waals surface area (Å²) in [5.74, 6) is -1.32. The molecule has 3 saturated heterocycles. The van der Waals surface area contributed by atoms with Gasteiger partial charge in [0.15, 0.2) is 0 Å². The maximum atomic E-state index is 15.0. The molecule has 2 aromatic rings. The second kappa shape index (κ2) is 14.4. The smallest absolute Gasteiger partial charge is 0.251 e. The molecule has 2 aromatic carbocycles. The first-order chi connectivity index (χ1) is 22.2. The molecule has 0 aliphatic carbocycles. The fraction of sp³-hybridized carbons (Fsp3) is 0.472.